The first kappa shape index (κ1) is 11.9. The van der Waals surface area contributed by atoms with Crippen molar-refractivity contribution in [2.24, 2.45) is 0 Å². The molecular weight excluding hydrogens is 285 g/mol. The predicted molar refractivity (Wildman–Crippen MR) is 66.4 cm³/mol. The number of ketones is 1. The molecule has 0 N–H and O–H groups in total. The van der Waals surface area contributed by atoms with E-state index in [9.17, 15) is 9.18 Å². The van der Waals surface area contributed by atoms with Gasteiger partial charge >= 0.3 is 0 Å². The molecule has 0 saturated carbocycles. The zero-order valence-electron chi connectivity index (χ0n) is 8.86. The molecule has 0 saturated heterocycles. The first-order chi connectivity index (χ1) is 8.18. The van der Waals surface area contributed by atoms with E-state index in [-0.39, 0.29) is 17.8 Å². The van der Waals surface area contributed by atoms with Crippen molar-refractivity contribution >= 4 is 21.7 Å². The Labute approximate surface area is 107 Å². The first-order valence-electron chi connectivity index (χ1n) is 5.05. The SMILES string of the molecule is O=C(Cc1ccccn1)c1c(F)cccc1Br. The molecule has 2 rings (SSSR count). The van der Waals surface area contributed by atoms with E-state index in [1.54, 1.807) is 36.5 Å². The van der Waals surface area contributed by atoms with Crippen molar-refractivity contribution in [3.63, 3.8) is 0 Å². The highest BCUT2D eigenvalue weighted by Crippen LogP contribution is 2.21. The molecule has 0 spiro atoms. The molecule has 0 radical (unpaired) electrons. The molecule has 1 heterocycles. The number of hydrogen-bond donors (Lipinski definition) is 0. The van der Waals surface area contributed by atoms with Gasteiger partial charge in [-0.1, -0.05) is 12.1 Å². The second kappa shape index (κ2) is 5.19. The highest BCUT2D eigenvalue weighted by atomic mass is 79.9. The van der Waals surface area contributed by atoms with Crippen molar-refractivity contribution in [2.45, 2.75) is 6.42 Å². The fourth-order valence-electron chi connectivity index (χ4n) is 1.52. The molecule has 0 amide bonds. The van der Waals surface area contributed by atoms with Gasteiger partial charge in [0.1, 0.15) is 5.82 Å². The van der Waals surface area contributed by atoms with E-state index >= 15 is 0 Å². The first-order valence-corrected chi connectivity index (χ1v) is 5.85. The van der Waals surface area contributed by atoms with Crippen LogP contribution in [0.4, 0.5) is 4.39 Å². The van der Waals surface area contributed by atoms with E-state index in [1.165, 1.54) is 6.07 Å². The third-order valence-electron chi connectivity index (χ3n) is 2.31. The molecule has 0 aliphatic heterocycles. The standard InChI is InChI=1S/C13H9BrFNO/c14-10-5-3-6-11(15)13(10)12(17)8-9-4-1-2-7-16-9/h1-7H,8H2. The summed E-state index contributed by atoms with van der Waals surface area (Å²) in [5.41, 5.74) is 0.714. The van der Waals surface area contributed by atoms with Gasteiger partial charge < -0.3 is 0 Å². The number of aromatic nitrogens is 1. The molecule has 0 aliphatic rings. The summed E-state index contributed by atoms with van der Waals surface area (Å²) < 4.78 is 14.0. The monoisotopic (exact) mass is 293 g/mol. The Hall–Kier alpha value is -1.55. The van der Waals surface area contributed by atoms with Gasteiger partial charge in [0.05, 0.1) is 12.0 Å². The van der Waals surface area contributed by atoms with Crippen LogP contribution in [0.15, 0.2) is 47.1 Å². The van der Waals surface area contributed by atoms with Gasteiger partial charge in [-0.2, -0.15) is 0 Å². The summed E-state index contributed by atoms with van der Waals surface area (Å²) in [5.74, 6) is -0.797. The van der Waals surface area contributed by atoms with Gasteiger partial charge in [-0.25, -0.2) is 4.39 Å². The van der Waals surface area contributed by atoms with Gasteiger partial charge in [0.25, 0.3) is 0 Å². The van der Waals surface area contributed by atoms with Crippen LogP contribution in [0.5, 0.6) is 0 Å². The van der Waals surface area contributed by atoms with E-state index in [1.807, 2.05) is 0 Å². The summed E-state index contributed by atoms with van der Waals surface area (Å²) >= 11 is 3.18. The second-order valence-electron chi connectivity index (χ2n) is 3.52. The zero-order chi connectivity index (χ0) is 12.3. The van der Waals surface area contributed by atoms with Gasteiger partial charge in [-0.15, -0.1) is 0 Å². The largest absolute Gasteiger partial charge is 0.294 e. The smallest absolute Gasteiger partial charge is 0.172 e. The lowest BCUT2D eigenvalue weighted by molar-refractivity contribution is 0.0987. The van der Waals surface area contributed by atoms with Crippen LogP contribution in [0, 0.1) is 5.82 Å². The Balaban J connectivity index is 2.27. The zero-order valence-corrected chi connectivity index (χ0v) is 10.4. The number of benzene rings is 1. The lowest BCUT2D eigenvalue weighted by Gasteiger charge is -2.04. The maximum Gasteiger partial charge on any atom is 0.172 e. The summed E-state index contributed by atoms with van der Waals surface area (Å²) in [7, 11) is 0. The van der Waals surface area contributed by atoms with E-state index in [0.29, 0.717) is 10.2 Å². The Bertz CT molecular complexity index is 522. The van der Waals surface area contributed by atoms with Crippen molar-refractivity contribution in [3.8, 4) is 0 Å². The average Bonchev–Trinajstić information content (AvgIpc) is 2.30. The lowest BCUT2D eigenvalue weighted by Crippen LogP contribution is -2.08. The molecule has 1 aromatic carbocycles. The second-order valence-corrected chi connectivity index (χ2v) is 4.37. The van der Waals surface area contributed by atoms with E-state index < -0.39 is 5.82 Å². The third kappa shape index (κ3) is 2.77. The Morgan fingerprint density at radius 1 is 1.24 bits per heavy atom. The molecule has 2 nitrogen and oxygen atoms in total. The molecule has 17 heavy (non-hydrogen) atoms. The van der Waals surface area contributed by atoms with Crippen molar-refractivity contribution in [1.82, 2.24) is 4.98 Å². The van der Waals surface area contributed by atoms with Crippen LogP contribution < -0.4 is 0 Å². The maximum absolute atomic E-state index is 13.5. The van der Waals surface area contributed by atoms with Gasteiger partial charge in [-0.3, -0.25) is 9.78 Å². The Morgan fingerprint density at radius 2 is 2.06 bits per heavy atom. The molecule has 86 valence electrons. The molecular formula is C13H9BrFNO. The normalized spacial score (nSPS) is 10.2. The number of carbonyl (C=O) groups excluding carboxylic acids is 1. The van der Waals surface area contributed by atoms with Gasteiger partial charge in [0.2, 0.25) is 0 Å². The molecule has 0 fully saturated rings. The summed E-state index contributed by atoms with van der Waals surface area (Å²) in [6, 6.07) is 9.79. The highest BCUT2D eigenvalue weighted by molar-refractivity contribution is 9.10. The number of rotatable bonds is 3. The maximum atomic E-state index is 13.5. The van der Waals surface area contributed by atoms with Crippen LogP contribution >= 0.6 is 15.9 Å². The average molecular weight is 294 g/mol. The molecule has 1 aromatic heterocycles. The molecule has 0 atom stereocenters. The molecule has 4 heteroatoms. The van der Waals surface area contributed by atoms with Crippen LogP contribution in [-0.4, -0.2) is 10.8 Å². The van der Waals surface area contributed by atoms with Gasteiger partial charge in [-0.05, 0) is 40.2 Å². The van der Waals surface area contributed by atoms with Crippen molar-refractivity contribution in [1.29, 1.82) is 0 Å². The predicted octanol–water partition coefficient (Wildman–Crippen LogP) is 3.41. The topological polar surface area (TPSA) is 30.0 Å². The number of hydrogen-bond acceptors (Lipinski definition) is 2. The molecule has 0 aliphatic carbocycles. The minimum absolute atomic E-state index is 0.0816. The van der Waals surface area contributed by atoms with Crippen molar-refractivity contribution in [3.05, 3.63) is 64.1 Å². The van der Waals surface area contributed by atoms with E-state index in [2.05, 4.69) is 20.9 Å². The van der Waals surface area contributed by atoms with Crippen LogP contribution in [0.25, 0.3) is 0 Å². The number of halogens is 2. The number of nitrogens with zero attached hydrogens (tertiary/aromatic N) is 1. The molecule has 2 aromatic rings. The quantitative estimate of drug-likeness (QED) is 0.812. The summed E-state index contributed by atoms with van der Waals surface area (Å²) in [4.78, 5) is 16.0. The van der Waals surface area contributed by atoms with Gasteiger partial charge in [0.15, 0.2) is 5.78 Å². The van der Waals surface area contributed by atoms with Gasteiger partial charge in [0, 0.05) is 16.4 Å². The number of carbonyl (C=O) groups is 1. The van der Waals surface area contributed by atoms with Crippen LogP contribution in [0.3, 0.4) is 0 Å². The number of Topliss-reactive ketones (excluding diaryl/α,β-unsaturated/α-hetero) is 1. The van der Waals surface area contributed by atoms with Crippen molar-refractivity contribution in [2.75, 3.05) is 0 Å². The van der Waals surface area contributed by atoms with Crippen LogP contribution in [0.2, 0.25) is 0 Å². The van der Waals surface area contributed by atoms with E-state index in [4.69, 9.17) is 0 Å². The number of pyridine rings is 1. The van der Waals surface area contributed by atoms with Crippen LogP contribution in [-0.2, 0) is 6.42 Å². The highest BCUT2D eigenvalue weighted by Gasteiger charge is 2.15. The summed E-state index contributed by atoms with van der Waals surface area (Å²) in [6.07, 6.45) is 1.71. The third-order valence-corrected chi connectivity index (χ3v) is 2.97. The Morgan fingerprint density at radius 3 is 2.71 bits per heavy atom. The molecule has 0 unspecified atom stereocenters. The lowest BCUT2D eigenvalue weighted by atomic mass is 10.1. The minimum atomic E-state index is -0.514. The van der Waals surface area contributed by atoms with Crippen molar-refractivity contribution < 1.29 is 9.18 Å². The van der Waals surface area contributed by atoms with E-state index in [0.717, 1.165) is 0 Å². The van der Waals surface area contributed by atoms with Crippen LogP contribution in [0.1, 0.15) is 16.1 Å². The Kier molecular flexibility index (Phi) is 3.64. The fourth-order valence-corrected chi connectivity index (χ4v) is 2.08. The fraction of sp³-hybridized carbons (Fsp3) is 0.0769. The summed E-state index contributed by atoms with van der Waals surface area (Å²) in [5, 5.41) is 0. The summed E-state index contributed by atoms with van der Waals surface area (Å²) in [6.45, 7) is 0. The molecule has 0 bridgehead atoms. The minimum Gasteiger partial charge on any atom is -0.294 e.